The van der Waals surface area contributed by atoms with Crippen LogP contribution >= 0.6 is 0 Å². The van der Waals surface area contributed by atoms with Crippen molar-refractivity contribution in [3.63, 3.8) is 0 Å². The number of furan rings is 1. The number of amides is 1. The summed E-state index contributed by atoms with van der Waals surface area (Å²) in [6.07, 6.45) is 3.50. The molecule has 0 saturated carbocycles. The molecule has 2 aliphatic heterocycles. The Kier molecular flexibility index (Phi) is 3.35. The summed E-state index contributed by atoms with van der Waals surface area (Å²) in [4.78, 5) is 14.7. The highest BCUT2D eigenvalue weighted by Crippen LogP contribution is 2.34. The summed E-state index contributed by atoms with van der Waals surface area (Å²) in [7, 11) is 0. The molecule has 1 aromatic carbocycles. The second kappa shape index (κ2) is 5.50. The summed E-state index contributed by atoms with van der Waals surface area (Å²) in [6.45, 7) is 1.35. The van der Waals surface area contributed by atoms with Gasteiger partial charge in [0.15, 0.2) is 6.17 Å². The van der Waals surface area contributed by atoms with Gasteiger partial charge in [-0.25, -0.2) is 0 Å². The number of fused-ring (bicyclic) bond motifs is 1. The zero-order valence-corrected chi connectivity index (χ0v) is 12.2. The molecule has 2 atom stereocenters. The third kappa shape index (κ3) is 2.27. The molecule has 0 radical (unpaired) electrons. The molecule has 2 aromatic rings. The highest BCUT2D eigenvalue weighted by Gasteiger charge is 2.36. The van der Waals surface area contributed by atoms with Crippen molar-refractivity contribution in [3.05, 3.63) is 54.0 Å². The number of ether oxygens (including phenoxy) is 1. The Morgan fingerprint density at radius 1 is 1.23 bits per heavy atom. The van der Waals surface area contributed by atoms with Gasteiger partial charge in [-0.3, -0.25) is 4.79 Å². The topological polar surface area (TPSA) is 54.7 Å². The molecule has 114 valence electrons. The summed E-state index contributed by atoms with van der Waals surface area (Å²) in [6, 6.07) is 11.3. The van der Waals surface area contributed by atoms with Gasteiger partial charge in [-0.1, -0.05) is 12.1 Å². The van der Waals surface area contributed by atoms with Gasteiger partial charge in [-0.05, 0) is 37.1 Å². The zero-order chi connectivity index (χ0) is 14.9. The van der Waals surface area contributed by atoms with Crippen molar-refractivity contribution >= 4 is 11.6 Å². The standard InChI is InChI=1S/C17H18N2O3/c20-17-13-6-1-2-7-14(13)18-16(15-8-4-10-22-15)19(17)11-12-5-3-9-21-12/h1-2,4,6-8,10,12,16,18H,3,5,9,11H2/t12-,16+/m1/s1. The lowest BCUT2D eigenvalue weighted by Gasteiger charge is -2.37. The number of hydrogen-bond donors (Lipinski definition) is 1. The first-order valence-electron chi connectivity index (χ1n) is 7.64. The summed E-state index contributed by atoms with van der Waals surface area (Å²) in [5.41, 5.74) is 1.54. The largest absolute Gasteiger partial charge is 0.465 e. The van der Waals surface area contributed by atoms with Crippen molar-refractivity contribution in [2.75, 3.05) is 18.5 Å². The lowest BCUT2D eigenvalue weighted by molar-refractivity contribution is 0.0402. The van der Waals surface area contributed by atoms with Crippen LogP contribution in [0.25, 0.3) is 0 Å². The third-order valence-electron chi connectivity index (χ3n) is 4.26. The molecule has 1 amide bonds. The van der Waals surface area contributed by atoms with Crippen LogP contribution in [0.5, 0.6) is 0 Å². The fourth-order valence-corrected chi connectivity index (χ4v) is 3.16. The maximum atomic E-state index is 12.9. The molecule has 1 saturated heterocycles. The van der Waals surface area contributed by atoms with E-state index in [2.05, 4.69) is 5.32 Å². The molecule has 22 heavy (non-hydrogen) atoms. The highest BCUT2D eigenvalue weighted by atomic mass is 16.5. The van der Waals surface area contributed by atoms with Gasteiger partial charge >= 0.3 is 0 Å². The van der Waals surface area contributed by atoms with E-state index in [1.807, 2.05) is 41.3 Å². The molecule has 0 aliphatic carbocycles. The Balaban J connectivity index is 1.69. The van der Waals surface area contributed by atoms with Crippen molar-refractivity contribution in [3.8, 4) is 0 Å². The van der Waals surface area contributed by atoms with E-state index in [-0.39, 0.29) is 18.2 Å². The van der Waals surface area contributed by atoms with E-state index >= 15 is 0 Å². The van der Waals surface area contributed by atoms with E-state index in [0.29, 0.717) is 12.1 Å². The van der Waals surface area contributed by atoms with Crippen molar-refractivity contribution in [2.24, 2.45) is 0 Å². The zero-order valence-electron chi connectivity index (χ0n) is 12.2. The fourth-order valence-electron chi connectivity index (χ4n) is 3.16. The molecular formula is C17H18N2O3. The molecule has 5 heteroatoms. The Morgan fingerprint density at radius 3 is 2.91 bits per heavy atom. The molecule has 0 unspecified atom stereocenters. The first-order chi connectivity index (χ1) is 10.8. The molecule has 0 bridgehead atoms. The van der Waals surface area contributed by atoms with E-state index in [9.17, 15) is 4.79 Å². The van der Waals surface area contributed by atoms with Crippen LogP contribution in [0.4, 0.5) is 5.69 Å². The average Bonchev–Trinajstić information content (AvgIpc) is 3.23. The molecule has 1 N–H and O–H groups in total. The quantitative estimate of drug-likeness (QED) is 0.946. The Bertz CT molecular complexity index is 662. The van der Waals surface area contributed by atoms with Crippen LogP contribution in [0.1, 0.15) is 35.1 Å². The summed E-state index contributed by atoms with van der Waals surface area (Å²) >= 11 is 0. The normalized spacial score (nSPS) is 24.2. The van der Waals surface area contributed by atoms with Crippen LogP contribution in [0.2, 0.25) is 0 Å². The van der Waals surface area contributed by atoms with Gasteiger partial charge in [0.2, 0.25) is 0 Å². The van der Waals surface area contributed by atoms with E-state index in [0.717, 1.165) is 30.9 Å². The molecule has 3 heterocycles. The van der Waals surface area contributed by atoms with Crippen molar-refractivity contribution < 1.29 is 13.9 Å². The summed E-state index contributed by atoms with van der Waals surface area (Å²) < 4.78 is 11.2. The van der Waals surface area contributed by atoms with Crippen LogP contribution in [0.3, 0.4) is 0 Å². The van der Waals surface area contributed by atoms with Crippen LogP contribution in [0.15, 0.2) is 47.1 Å². The van der Waals surface area contributed by atoms with E-state index in [4.69, 9.17) is 9.15 Å². The minimum atomic E-state index is -0.290. The third-order valence-corrected chi connectivity index (χ3v) is 4.26. The summed E-state index contributed by atoms with van der Waals surface area (Å²) in [5, 5.41) is 3.41. The number of hydrogen-bond acceptors (Lipinski definition) is 4. The number of nitrogens with one attached hydrogen (secondary N) is 1. The lowest BCUT2D eigenvalue weighted by atomic mass is 10.1. The Hall–Kier alpha value is -2.27. The van der Waals surface area contributed by atoms with Crippen molar-refractivity contribution in [1.82, 2.24) is 4.90 Å². The number of carbonyl (C=O) groups is 1. The first-order valence-corrected chi connectivity index (χ1v) is 7.64. The smallest absolute Gasteiger partial charge is 0.258 e. The molecule has 5 nitrogen and oxygen atoms in total. The fraction of sp³-hybridized carbons (Fsp3) is 0.353. The molecular weight excluding hydrogens is 280 g/mol. The number of anilines is 1. The number of benzene rings is 1. The predicted molar refractivity (Wildman–Crippen MR) is 81.5 cm³/mol. The van der Waals surface area contributed by atoms with Gasteiger partial charge in [-0.15, -0.1) is 0 Å². The van der Waals surface area contributed by atoms with Crippen LogP contribution in [-0.4, -0.2) is 30.1 Å². The number of para-hydroxylation sites is 1. The monoisotopic (exact) mass is 298 g/mol. The van der Waals surface area contributed by atoms with Crippen molar-refractivity contribution in [1.29, 1.82) is 0 Å². The number of carbonyl (C=O) groups excluding carboxylic acids is 1. The molecule has 0 spiro atoms. The minimum Gasteiger partial charge on any atom is -0.465 e. The van der Waals surface area contributed by atoms with E-state index < -0.39 is 0 Å². The number of nitrogens with zero attached hydrogens (tertiary/aromatic N) is 1. The Labute approximate surface area is 128 Å². The van der Waals surface area contributed by atoms with E-state index in [1.54, 1.807) is 6.26 Å². The molecule has 1 fully saturated rings. The first kappa shape index (κ1) is 13.4. The van der Waals surface area contributed by atoms with E-state index in [1.165, 1.54) is 0 Å². The average molecular weight is 298 g/mol. The lowest BCUT2D eigenvalue weighted by Crippen LogP contribution is -2.46. The second-order valence-corrected chi connectivity index (χ2v) is 5.70. The van der Waals surface area contributed by atoms with Crippen LogP contribution in [-0.2, 0) is 4.74 Å². The highest BCUT2D eigenvalue weighted by molar-refractivity contribution is 6.01. The molecule has 1 aromatic heterocycles. The van der Waals surface area contributed by atoms with Crippen LogP contribution in [0, 0.1) is 0 Å². The Morgan fingerprint density at radius 2 is 2.14 bits per heavy atom. The minimum absolute atomic E-state index is 0.0197. The maximum Gasteiger partial charge on any atom is 0.258 e. The maximum absolute atomic E-state index is 12.9. The second-order valence-electron chi connectivity index (χ2n) is 5.70. The number of rotatable bonds is 3. The molecule has 4 rings (SSSR count). The van der Waals surface area contributed by atoms with Gasteiger partial charge in [0.25, 0.3) is 5.91 Å². The predicted octanol–water partition coefficient (Wildman–Crippen LogP) is 3.03. The summed E-state index contributed by atoms with van der Waals surface area (Å²) in [5.74, 6) is 0.757. The van der Waals surface area contributed by atoms with Gasteiger partial charge in [0.1, 0.15) is 5.76 Å². The van der Waals surface area contributed by atoms with Gasteiger partial charge in [0.05, 0.1) is 17.9 Å². The van der Waals surface area contributed by atoms with Crippen LogP contribution < -0.4 is 5.32 Å². The van der Waals surface area contributed by atoms with Gasteiger partial charge in [-0.2, -0.15) is 0 Å². The van der Waals surface area contributed by atoms with Gasteiger partial charge < -0.3 is 19.4 Å². The van der Waals surface area contributed by atoms with Gasteiger partial charge in [0, 0.05) is 18.8 Å². The molecule has 2 aliphatic rings. The SMILES string of the molecule is O=C1c2ccccc2N[C@H](c2ccco2)N1C[C@H]1CCCO1. The van der Waals surface area contributed by atoms with Crippen molar-refractivity contribution in [2.45, 2.75) is 25.1 Å².